The van der Waals surface area contributed by atoms with Gasteiger partial charge in [0.05, 0.1) is 16.7 Å². The number of nitrogens with one attached hydrogen (secondary N) is 1. The molecule has 0 atom stereocenters. The summed E-state index contributed by atoms with van der Waals surface area (Å²) in [6, 6.07) is 10.2. The Labute approximate surface area is 114 Å². The van der Waals surface area contributed by atoms with Crippen molar-refractivity contribution in [2.75, 3.05) is 5.32 Å². The molecule has 0 amide bonds. The fraction of sp³-hybridized carbons (Fsp3) is 0.438. The van der Waals surface area contributed by atoms with Crippen LogP contribution in [0.1, 0.15) is 33.3 Å². The highest BCUT2D eigenvalue weighted by molar-refractivity contribution is 5.81. The average Bonchev–Trinajstić information content (AvgIpc) is 2.28. The van der Waals surface area contributed by atoms with Crippen LogP contribution in [-0.2, 0) is 0 Å². The SMILES string of the molecule is Cc1cc2ccccc2nc1NC(C)(C)C(C)(C)O. The minimum Gasteiger partial charge on any atom is -0.388 e. The van der Waals surface area contributed by atoms with Crippen molar-refractivity contribution in [3.05, 3.63) is 35.9 Å². The minimum atomic E-state index is -0.841. The van der Waals surface area contributed by atoms with Crippen LogP contribution in [0, 0.1) is 6.92 Å². The van der Waals surface area contributed by atoms with Gasteiger partial charge in [0.15, 0.2) is 0 Å². The second-order valence-electron chi connectivity index (χ2n) is 6.16. The quantitative estimate of drug-likeness (QED) is 0.885. The summed E-state index contributed by atoms with van der Waals surface area (Å²) in [4.78, 5) is 4.65. The van der Waals surface area contributed by atoms with Crippen molar-refractivity contribution in [2.45, 2.75) is 45.8 Å². The van der Waals surface area contributed by atoms with Crippen LogP contribution in [0.2, 0.25) is 0 Å². The number of hydrogen-bond donors (Lipinski definition) is 2. The van der Waals surface area contributed by atoms with Crippen LogP contribution in [0.3, 0.4) is 0 Å². The van der Waals surface area contributed by atoms with Gasteiger partial charge in [-0.05, 0) is 52.3 Å². The molecule has 19 heavy (non-hydrogen) atoms. The number of anilines is 1. The molecule has 2 N–H and O–H groups in total. The number of hydrogen-bond acceptors (Lipinski definition) is 3. The summed E-state index contributed by atoms with van der Waals surface area (Å²) < 4.78 is 0. The Bertz CT molecular complexity index is 597. The molecule has 0 aliphatic heterocycles. The molecule has 102 valence electrons. The van der Waals surface area contributed by atoms with E-state index in [9.17, 15) is 5.11 Å². The van der Waals surface area contributed by atoms with Crippen molar-refractivity contribution in [1.29, 1.82) is 0 Å². The van der Waals surface area contributed by atoms with Gasteiger partial charge in [-0.1, -0.05) is 18.2 Å². The Morgan fingerprint density at radius 1 is 1.11 bits per heavy atom. The van der Waals surface area contributed by atoms with E-state index in [-0.39, 0.29) is 0 Å². The van der Waals surface area contributed by atoms with Gasteiger partial charge >= 0.3 is 0 Å². The fourth-order valence-electron chi connectivity index (χ4n) is 1.80. The molecule has 3 nitrogen and oxygen atoms in total. The van der Waals surface area contributed by atoms with Crippen LogP contribution in [0.25, 0.3) is 10.9 Å². The Kier molecular flexibility index (Phi) is 3.27. The molecule has 2 rings (SSSR count). The van der Waals surface area contributed by atoms with E-state index in [4.69, 9.17) is 0 Å². The molecule has 3 heteroatoms. The summed E-state index contributed by atoms with van der Waals surface area (Å²) in [5.41, 5.74) is 0.734. The first-order chi connectivity index (χ1) is 8.71. The zero-order valence-electron chi connectivity index (χ0n) is 12.3. The molecule has 0 saturated carbocycles. The fourth-order valence-corrected chi connectivity index (χ4v) is 1.80. The van der Waals surface area contributed by atoms with E-state index < -0.39 is 11.1 Å². The lowest BCUT2D eigenvalue weighted by atomic mass is 9.86. The summed E-state index contributed by atoms with van der Waals surface area (Å²) in [6.07, 6.45) is 0. The lowest BCUT2D eigenvalue weighted by molar-refractivity contribution is 0.0238. The van der Waals surface area contributed by atoms with E-state index >= 15 is 0 Å². The normalized spacial score (nSPS) is 12.7. The van der Waals surface area contributed by atoms with Crippen LogP contribution < -0.4 is 5.32 Å². The highest BCUT2D eigenvalue weighted by atomic mass is 16.3. The number of aryl methyl sites for hydroxylation is 1. The molecular weight excluding hydrogens is 236 g/mol. The molecule has 0 saturated heterocycles. The van der Waals surface area contributed by atoms with E-state index in [1.165, 1.54) is 0 Å². The minimum absolute atomic E-state index is 0.465. The predicted molar refractivity (Wildman–Crippen MR) is 80.5 cm³/mol. The van der Waals surface area contributed by atoms with Crippen molar-refractivity contribution in [3.63, 3.8) is 0 Å². The van der Waals surface area contributed by atoms with Crippen LogP contribution in [0.5, 0.6) is 0 Å². The second kappa shape index (κ2) is 4.49. The molecule has 1 aromatic heterocycles. The molecule has 0 radical (unpaired) electrons. The van der Waals surface area contributed by atoms with Crippen molar-refractivity contribution in [2.24, 2.45) is 0 Å². The molecule has 0 fully saturated rings. The van der Waals surface area contributed by atoms with Gasteiger partial charge in [0.1, 0.15) is 5.82 Å². The maximum atomic E-state index is 10.2. The summed E-state index contributed by atoms with van der Waals surface area (Å²) in [7, 11) is 0. The van der Waals surface area contributed by atoms with E-state index in [0.717, 1.165) is 22.3 Å². The van der Waals surface area contributed by atoms with Crippen molar-refractivity contribution in [1.82, 2.24) is 4.98 Å². The highest BCUT2D eigenvalue weighted by Gasteiger charge is 2.35. The molecule has 0 unspecified atom stereocenters. The topological polar surface area (TPSA) is 45.2 Å². The number of aliphatic hydroxyl groups is 1. The summed E-state index contributed by atoms with van der Waals surface area (Å²) in [6.45, 7) is 9.58. The number of nitrogens with zero attached hydrogens (tertiary/aromatic N) is 1. The number of para-hydroxylation sites is 1. The third kappa shape index (κ3) is 2.71. The van der Waals surface area contributed by atoms with Gasteiger partial charge in [0.25, 0.3) is 0 Å². The van der Waals surface area contributed by atoms with Gasteiger partial charge in [-0.25, -0.2) is 4.98 Å². The van der Waals surface area contributed by atoms with Crippen molar-refractivity contribution in [3.8, 4) is 0 Å². The molecule has 0 aliphatic rings. The van der Waals surface area contributed by atoms with Gasteiger partial charge in [-0.15, -0.1) is 0 Å². The Morgan fingerprint density at radius 3 is 2.37 bits per heavy atom. The van der Waals surface area contributed by atoms with E-state index in [1.807, 2.05) is 39.0 Å². The molecule has 1 aromatic carbocycles. The van der Waals surface area contributed by atoms with Gasteiger partial charge < -0.3 is 10.4 Å². The Balaban J connectivity index is 2.43. The van der Waals surface area contributed by atoms with Gasteiger partial charge in [0, 0.05) is 5.39 Å². The molecule has 0 spiro atoms. The molecule has 0 aliphatic carbocycles. The molecular formula is C16H22N2O. The zero-order valence-corrected chi connectivity index (χ0v) is 12.3. The van der Waals surface area contributed by atoms with Crippen LogP contribution in [0.4, 0.5) is 5.82 Å². The van der Waals surface area contributed by atoms with Gasteiger partial charge in [-0.2, -0.15) is 0 Å². The summed E-state index contributed by atoms with van der Waals surface area (Å²) in [5, 5.41) is 14.7. The van der Waals surface area contributed by atoms with E-state index in [0.29, 0.717) is 0 Å². The number of benzene rings is 1. The Morgan fingerprint density at radius 2 is 1.74 bits per heavy atom. The standard InChI is InChI=1S/C16H22N2O/c1-11-10-12-8-6-7-9-13(12)17-14(11)18-15(2,3)16(4,5)19/h6-10,19H,1-5H3,(H,17,18). The van der Waals surface area contributed by atoms with E-state index in [1.54, 1.807) is 13.8 Å². The van der Waals surface area contributed by atoms with E-state index in [2.05, 4.69) is 22.4 Å². The molecule has 1 heterocycles. The highest BCUT2D eigenvalue weighted by Crippen LogP contribution is 2.28. The molecule has 2 aromatic rings. The van der Waals surface area contributed by atoms with Gasteiger partial charge in [-0.3, -0.25) is 0 Å². The monoisotopic (exact) mass is 258 g/mol. The van der Waals surface area contributed by atoms with Gasteiger partial charge in [0.2, 0.25) is 0 Å². The maximum absolute atomic E-state index is 10.2. The third-order valence-electron chi connectivity index (χ3n) is 3.87. The second-order valence-corrected chi connectivity index (χ2v) is 6.16. The summed E-state index contributed by atoms with van der Waals surface area (Å²) >= 11 is 0. The zero-order chi connectivity index (χ0) is 14.3. The lowest BCUT2D eigenvalue weighted by Gasteiger charge is -2.38. The Hall–Kier alpha value is -1.61. The average molecular weight is 258 g/mol. The third-order valence-corrected chi connectivity index (χ3v) is 3.87. The largest absolute Gasteiger partial charge is 0.388 e. The lowest BCUT2D eigenvalue weighted by Crippen LogP contribution is -2.51. The predicted octanol–water partition coefficient (Wildman–Crippen LogP) is 3.50. The smallest absolute Gasteiger partial charge is 0.130 e. The first-order valence-electron chi connectivity index (χ1n) is 6.58. The van der Waals surface area contributed by atoms with Crippen LogP contribution in [-0.4, -0.2) is 21.2 Å². The van der Waals surface area contributed by atoms with Crippen LogP contribution in [0.15, 0.2) is 30.3 Å². The number of pyridine rings is 1. The summed E-state index contributed by atoms with van der Waals surface area (Å²) in [5.74, 6) is 0.825. The van der Waals surface area contributed by atoms with Crippen molar-refractivity contribution >= 4 is 16.7 Å². The number of rotatable bonds is 3. The molecule has 0 bridgehead atoms. The number of fused-ring (bicyclic) bond motifs is 1. The first-order valence-corrected chi connectivity index (χ1v) is 6.58. The number of aromatic nitrogens is 1. The first kappa shape index (κ1) is 13.8. The van der Waals surface area contributed by atoms with Crippen molar-refractivity contribution < 1.29 is 5.11 Å². The van der Waals surface area contributed by atoms with Crippen LogP contribution >= 0.6 is 0 Å². The maximum Gasteiger partial charge on any atom is 0.130 e.